The first kappa shape index (κ1) is 19.8. The predicted molar refractivity (Wildman–Crippen MR) is 102 cm³/mol. The molecule has 0 bridgehead atoms. The molecule has 0 saturated carbocycles. The van der Waals surface area contributed by atoms with Crippen LogP contribution in [0.25, 0.3) is 0 Å². The van der Waals surface area contributed by atoms with E-state index in [1.807, 2.05) is 37.8 Å². The van der Waals surface area contributed by atoms with Crippen molar-refractivity contribution in [1.29, 1.82) is 0 Å². The van der Waals surface area contributed by atoms with Crippen molar-refractivity contribution >= 4 is 21.6 Å². The number of sulfonamides is 1. The Labute approximate surface area is 152 Å². The molecule has 0 N–H and O–H groups in total. The normalized spacial score (nSPS) is 17.4. The number of aryl methyl sites for hydroxylation is 2. The number of carbonyl (C=O) groups excluding carboxylic acids is 1. The molecule has 0 radical (unpaired) electrons. The summed E-state index contributed by atoms with van der Waals surface area (Å²) in [5.74, 6) is 0.535. The number of benzene rings is 1. The lowest BCUT2D eigenvalue weighted by Gasteiger charge is -2.37. The molecule has 1 saturated heterocycles. The van der Waals surface area contributed by atoms with Crippen LogP contribution in [0.2, 0.25) is 0 Å². The molecule has 1 atom stereocenters. The molecule has 2 rings (SSSR count). The quantitative estimate of drug-likeness (QED) is 0.804. The van der Waals surface area contributed by atoms with Gasteiger partial charge in [0.1, 0.15) is 6.04 Å². The third-order valence-electron chi connectivity index (χ3n) is 5.15. The maximum absolute atomic E-state index is 13.1. The molecule has 0 spiro atoms. The zero-order valence-electron chi connectivity index (χ0n) is 15.9. The molecule has 1 amide bonds. The van der Waals surface area contributed by atoms with E-state index >= 15 is 0 Å². The van der Waals surface area contributed by atoms with Gasteiger partial charge in [-0.3, -0.25) is 9.10 Å². The number of anilines is 1. The van der Waals surface area contributed by atoms with Gasteiger partial charge in [0.15, 0.2) is 0 Å². The van der Waals surface area contributed by atoms with Crippen molar-refractivity contribution in [3.63, 3.8) is 0 Å². The number of nitrogens with zero attached hydrogens (tertiary/aromatic N) is 2. The number of hydrogen-bond donors (Lipinski definition) is 0. The number of likely N-dealkylation sites (tertiary alicyclic amines) is 1. The smallest absolute Gasteiger partial charge is 0.246 e. The number of rotatable bonds is 5. The summed E-state index contributed by atoms with van der Waals surface area (Å²) >= 11 is 0. The van der Waals surface area contributed by atoms with Crippen LogP contribution in [0.15, 0.2) is 18.2 Å². The number of piperidine rings is 1. The van der Waals surface area contributed by atoms with Crippen LogP contribution in [0.4, 0.5) is 5.69 Å². The topological polar surface area (TPSA) is 57.7 Å². The van der Waals surface area contributed by atoms with E-state index in [0.717, 1.165) is 24.0 Å². The van der Waals surface area contributed by atoms with Crippen LogP contribution in [0, 0.1) is 19.8 Å². The van der Waals surface area contributed by atoms with Gasteiger partial charge in [-0.2, -0.15) is 0 Å². The summed E-state index contributed by atoms with van der Waals surface area (Å²) in [6.45, 7) is 9.42. The van der Waals surface area contributed by atoms with Gasteiger partial charge in [-0.15, -0.1) is 0 Å². The molecular weight excluding hydrogens is 336 g/mol. The molecule has 1 aromatic rings. The van der Waals surface area contributed by atoms with Gasteiger partial charge in [-0.1, -0.05) is 19.9 Å². The van der Waals surface area contributed by atoms with Gasteiger partial charge >= 0.3 is 0 Å². The number of amides is 1. The van der Waals surface area contributed by atoms with Crippen molar-refractivity contribution < 1.29 is 13.2 Å². The lowest BCUT2D eigenvalue weighted by molar-refractivity contribution is -0.133. The summed E-state index contributed by atoms with van der Waals surface area (Å²) in [6, 6.07) is 4.86. The third-order valence-corrected chi connectivity index (χ3v) is 6.33. The fourth-order valence-corrected chi connectivity index (χ4v) is 4.54. The Morgan fingerprint density at radius 3 is 2.32 bits per heavy atom. The summed E-state index contributed by atoms with van der Waals surface area (Å²) < 4.78 is 26.4. The van der Waals surface area contributed by atoms with E-state index in [-0.39, 0.29) is 5.91 Å². The van der Waals surface area contributed by atoms with Gasteiger partial charge in [0.05, 0.1) is 11.9 Å². The number of hydrogen-bond acceptors (Lipinski definition) is 3. The van der Waals surface area contributed by atoms with Crippen molar-refractivity contribution in [3.05, 3.63) is 29.3 Å². The second kappa shape index (κ2) is 7.77. The van der Waals surface area contributed by atoms with E-state index < -0.39 is 16.1 Å². The van der Waals surface area contributed by atoms with Gasteiger partial charge in [0.25, 0.3) is 0 Å². The van der Waals surface area contributed by atoms with Gasteiger partial charge in [-0.05, 0) is 62.3 Å². The van der Waals surface area contributed by atoms with Crippen molar-refractivity contribution in [3.8, 4) is 0 Å². The first-order valence-electron chi connectivity index (χ1n) is 9.00. The highest BCUT2D eigenvalue weighted by atomic mass is 32.2. The maximum atomic E-state index is 13.1. The monoisotopic (exact) mass is 366 g/mol. The van der Waals surface area contributed by atoms with Crippen LogP contribution in [0.1, 0.15) is 44.2 Å². The molecular formula is C19H30N2O3S. The van der Waals surface area contributed by atoms with Crippen molar-refractivity contribution in [2.24, 2.45) is 5.92 Å². The van der Waals surface area contributed by atoms with Gasteiger partial charge in [-0.25, -0.2) is 8.42 Å². The van der Waals surface area contributed by atoms with Gasteiger partial charge in [0, 0.05) is 13.1 Å². The molecule has 1 heterocycles. The fraction of sp³-hybridized carbons (Fsp3) is 0.632. The Bertz CT molecular complexity index is 722. The van der Waals surface area contributed by atoms with E-state index in [4.69, 9.17) is 0 Å². The predicted octanol–water partition coefficient (Wildman–Crippen LogP) is 3.11. The van der Waals surface area contributed by atoms with Crippen LogP contribution >= 0.6 is 0 Å². The number of carbonyl (C=O) groups is 1. The summed E-state index contributed by atoms with van der Waals surface area (Å²) in [7, 11) is -3.57. The fourth-order valence-electron chi connectivity index (χ4n) is 3.35. The van der Waals surface area contributed by atoms with Crippen LogP contribution in [-0.4, -0.2) is 44.6 Å². The van der Waals surface area contributed by atoms with Crippen LogP contribution in [0.3, 0.4) is 0 Å². The van der Waals surface area contributed by atoms with Crippen molar-refractivity contribution in [2.45, 2.75) is 53.0 Å². The van der Waals surface area contributed by atoms with E-state index in [1.165, 1.54) is 10.6 Å². The molecule has 0 unspecified atom stereocenters. The molecule has 0 aromatic heterocycles. The standard InChI is InChI=1S/C19H30N2O3S/c1-6-18(19(22)20-11-9-14(2)10-12-20)21(25(5,23)24)17-8-7-15(3)16(4)13-17/h7-8,13-14,18H,6,9-12H2,1-5H3/t18-/m1/s1. The van der Waals surface area contributed by atoms with Gasteiger partial charge in [0.2, 0.25) is 15.9 Å². The molecule has 0 aliphatic carbocycles. The first-order valence-corrected chi connectivity index (χ1v) is 10.9. The van der Waals surface area contributed by atoms with Crippen molar-refractivity contribution in [2.75, 3.05) is 23.7 Å². The maximum Gasteiger partial charge on any atom is 0.246 e. The third kappa shape index (κ3) is 4.54. The average molecular weight is 367 g/mol. The lowest BCUT2D eigenvalue weighted by atomic mass is 9.98. The average Bonchev–Trinajstić information content (AvgIpc) is 2.54. The molecule has 1 aromatic carbocycles. The van der Waals surface area contributed by atoms with Gasteiger partial charge < -0.3 is 4.90 Å². The lowest BCUT2D eigenvalue weighted by Crippen LogP contribution is -2.52. The first-order chi connectivity index (χ1) is 11.6. The second-order valence-electron chi connectivity index (χ2n) is 7.26. The molecule has 6 heteroatoms. The summed E-state index contributed by atoms with van der Waals surface area (Å²) in [4.78, 5) is 14.9. The zero-order valence-corrected chi connectivity index (χ0v) is 16.8. The van der Waals surface area contributed by atoms with Crippen LogP contribution in [-0.2, 0) is 14.8 Å². The van der Waals surface area contributed by atoms with E-state index in [1.54, 1.807) is 6.07 Å². The van der Waals surface area contributed by atoms with E-state index in [2.05, 4.69) is 6.92 Å². The molecule has 1 aliphatic rings. The Morgan fingerprint density at radius 2 is 1.84 bits per heavy atom. The molecule has 25 heavy (non-hydrogen) atoms. The minimum atomic E-state index is -3.57. The summed E-state index contributed by atoms with van der Waals surface area (Å²) in [5.41, 5.74) is 2.68. The minimum Gasteiger partial charge on any atom is -0.341 e. The zero-order chi connectivity index (χ0) is 18.8. The van der Waals surface area contributed by atoms with Crippen LogP contribution < -0.4 is 4.31 Å². The van der Waals surface area contributed by atoms with E-state index in [9.17, 15) is 13.2 Å². The van der Waals surface area contributed by atoms with E-state index in [0.29, 0.717) is 31.1 Å². The van der Waals surface area contributed by atoms with Crippen molar-refractivity contribution in [1.82, 2.24) is 4.90 Å². The SMILES string of the molecule is CC[C@H](C(=O)N1CCC(C)CC1)N(c1ccc(C)c(C)c1)S(C)(=O)=O. The summed E-state index contributed by atoms with van der Waals surface area (Å²) in [5, 5.41) is 0. The highest BCUT2D eigenvalue weighted by Crippen LogP contribution is 2.27. The highest BCUT2D eigenvalue weighted by Gasteiger charge is 2.35. The highest BCUT2D eigenvalue weighted by molar-refractivity contribution is 7.92. The van der Waals surface area contributed by atoms with Crippen LogP contribution in [0.5, 0.6) is 0 Å². The molecule has 5 nitrogen and oxygen atoms in total. The largest absolute Gasteiger partial charge is 0.341 e. The Balaban J connectivity index is 2.37. The second-order valence-corrected chi connectivity index (χ2v) is 9.12. The summed E-state index contributed by atoms with van der Waals surface area (Å²) in [6.07, 6.45) is 3.58. The Hall–Kier alpha value is -1.56. The molecule has 1 fully saturated rings. The minimum absolute atomic E-state index is 0.0851. The molecule has 140 valence electrons. The Morgan fingerprint density at radius 1 is 1.24 bits per heavy atom. The Kier molecular flexibility index (Phi) is 6.14. The molecule has 1 aliphatic heterocycles.